The van der Waals surface area contributed by atoms with Crippen molar-refractivity contribution in [3.8, 4) is 5.69 Å². The van der Waals surface area contributed by atoms with E-state index < -0.39 is 6.09 Å². The summed E-state index contributed by atoms with van der Waals surface area (Å²) in [6.07, 6.45) is 1.94. The molecule has 1 aliphatic heterocycles. The van der Waals surface area contributed by atoms with E-state index in [-0.39, 0.29) is 11.7 Å². The molecular weight excluding hydrogens is 375 g/mol. The number of carbonyl (C=O) groups is 2. The van der Waals surface area contributed by atoms with Crippen LogP contribution in [0.15, 0.2) is 60.8 Å². The quantitative estimate of drug-likeness (QED) is 0.698. The number of aromatic nitrogens is 2. The summed E-state index contributed by atoms with van der Waals surface area (Å²) in [4.78, 5) is 25.6. The van der Waals surface area contributed by atoms with Crippen LogP contribution in [0, 0.1) is 5.82 Å². The van der Waals surface area contributed by atoms with Crippen LogP contribution in [0.2, 0.25) is 0 Å². The van der Waals surface area contributed by atoms with E-state index in [0.717, 1.165) is 11.4 Å². The van der Waals surface area contributed by atoms with Gasteiger partial charge >= 0.3 is 6.09 Å². The van der Waals surface area contributed by atoms with Crippen molar-refractivity contribution in [2.45, 2.75) is 6.42 Å². The average Bonchev–Trinajstić information content (AvgIpc) is 3.38. The number of hydrogen-bond acceptors (Lipinski definition) is 4. The Kier molecular flexibility index (Phi) is 5.24. The highest BCUT2D eigenvalue weighted by atomic mass is 19.1. The molecule has 1 fully saturated rings. The molecule has 2 heterocycles. The maximum Gasteiger partial charge on any atom is 0.414 e. The molecule has 8 heteroatoms. The van der Waals surface area contributed by atoms with Crippen molar-refractivity contribution in [1.82, 2.24) is 15.1 Å². The number of halogens is 1. The monoisotopic (exact) mass is 394 g/mol. The minimum atomic E-state index is -0.403. The second-order valence-electron chi connectivity index (χ2n) is 6.55. The number of hydrogen-bond donors (Lipinski definition) is 1. The van der Waals surface area contributed by atoms with Crippen LogP contribution >= 0.6 is 0 Å². The Labute approximate surface area is 166 Å². The molecule has 0 spiro atoms. The summed E-state index contributed by atoms with van der Waals surface area (Å²) in [6, 6.07) is 14.8. The lowest BCUT2D eigenvalue weighted by Gasteiger charge is -2.13. The van der Waals surface area contributed by atoms with Gasteiger partial charge in [-0.05, 0) is 48.5 Å². The van der Waals surface area contributed by atoms with Gasteiger partial charge in [0.15, 0.2) is 0 Å². The van der Waals surface area contributed by atoms with Gasteiger partial charge in [0.2, 0.25) is 0 Å². The van der Waals surface area contributed by atoms with Crippen LogP contribution in [0.4, 0.5) is 14.9 Å². The van der Waals surface area contributed by atoms with Crippen molar-refractivity contribution < 1.29 is 18.7 Å². The molecule has 0 saturated carbocycles. The maximum atomic E-state index is 13.0. The van der Waals surface area contributed by atoms with Gasteiger partial charge in [0, 0.05) is 30.4 Å². The Hall–Kier alpha value is -3.68. The second kappa shape index (κ2) is 8.14. The van der Waals surface area contributed by atoms with Gasteiger partial charge in [-0.25, -0.2) is 13.9 Å². The lowest BCUT2D eigenvalue weighted by atomic mass is 10.1. The van der Waals surface area contributed by atoms with Crippen molar-refractivity contribution in [3.05, 3.63) is 77.9 Å². The number of nitrogens with zero attached hydrogens (tertiary/aromatic N) is 3. The van der Waals surface area contributed by atoms with E-state index in [1.165, 1.54) is 17.0 Å². The van der Waals surface area contributed by atoms with Crippen molar-refractivity contribution in [2.24, 2.45) is 0 Å². The highest BCUT2D eigenvalue weighted by molar-refractivity contribution is 5.97. The third kappa shape index (κ3) is 4.26. The van der Waals surface area contributed by atoms with Crippen LogP contribution in [0.25, 0.3) is 5.69 Å². The number of anilines is 1. The van der Waals surface area contributed by atoms with E-state index in [4.69, 9.17) is 4.74 Å². The molecule has 1 aromatic heterocycles. The largest absolute Gasteiger partial charge is 0.447 e. The molecule has 0 unspecified atom stereocenters. The van der Waals surface area contributed by atoms with Gasteiger partial charge in [0.05, 0.1) is 17.9 Å². The predicted octanol–water partition coefficient (Wildman–Crippen LogP) is 2.94. The van der Waals surface area contributed by atoms with E-state index in [2.05, 4.69) is 10.4 Å². The van der Waals surface area contributed by atoms with Gasteiger partial charge in [0.25, 0.3) is 5.91 Å². The highest BCUT2D eigenvalue weighted by Gasteiger charge is 2.24. The first kappa shape index (κ1) is 18.7. The molecule has 0 atom stereocenters. The van der Waals surface area contributed by atoms with E-state index in [9.17, 15) is 14.0 Å². The fourth-order valence-electron chi connectivity index (χ4n) is 3.08. The van der Waals surface area contributed by atoms with Crippen LogP contribution in [0.3, 0.4) is 0 Å². The molecule has 2 aromatic carbocycles. The van der Waals surface area contributed by atoms with E-state index in [1.54, 1.807) is 47.3 Å². The fraction of sp³-hybridized carbons (Fsp3) is 0.190. The number of rotatable bonds is 6. The first-order chi connectivity index (χ1) is 14.1. The Morgan fingerprint density at radius 2 is 1.97 bits per heavy atom. The van der Waals surface area contributed by atoms with Crippen molar-refractivity contribution in [1.29, 1.82) is 0 Å². The van der Waals surface area contributed by atoms with Crippen LogP contribution in [-0.4, -0.2) is 41.5 Å². The van der Waals surface area contributed by atoms with E-state index >= 15 is 0 Å². The molecular formula is C21H19FN4O3. The zero-order valence-electron chi connectivity index (χ0n) is 15.5. The number of benzene rings is 2. The van der Waals surface area contributed by atoms with E-state index in [0.29, 0.717) is 37.4 Å². The number of nitrogens with one attached hydrogen (secondary N) is 1. The maximum absolute atomic E-state index is 13.0. The summed E-state index contributed by atoms with van der Waals surface area (Å²) in [7, 11) is 0. The van der Waals surface area contributed by atoms with Gasteiger partial charge in [-0.3, -0.25) is 9.69 Å². The lowest BCUT2D eigenvalue weighted by Crippen LogP contribution is -2.27. The topological polar surface area (TPSA) is 76.5 Å². The Balaban J connectivity index is 1.33. The Morgan fingerprint density at radius 1 is 1.14 bits per heavy atom. The first-order valence-electron chi connectivity index (χ1n) is 9.23. The highest BCUT2D eigenvalue weighted by Crippen LogP contribution is 2.20. The Morgan fingerprint density at radius 3 is 2.72 bits per heavy atom. The number of ether oxygens (including phenoxy) is 1. The third-order valence-electron chi connectivity index (χ3n) is 4.58. The minimum absolute atomic E-state index is 0.225. The van der Waals surface area contributed by atoms with Gasteiger partial charge in [-0.15, -0.1) is 0 Å². The average molecular weight is 394 g/mol. The van der Waals surface area contributed by atoms with Gasteiger partial charge in [-0.2, -0.15) is 5.10 Å². The normalized spacial score (nSPS) is 13.4. The van der Waals surface area contributed by atoms with Crippen molar-refractivity contribution in [3.63, 3.8) is 0 Å². The number of cyclic esters (lactones) is 1. The molecule has 4 rings (SSSR count). The zero-order valence-corrected chi connectivity index (χ0v) is 15.5. The summed E-state index contributed by atoms with van der Waals surface area (Å²) >= 11 is 0. The third-order valence-corrected chi connectivity index (χ3v) is 4.58. The molecule has 1 N–H and O–H groups in total. The molecule has 1 aliphatic rings. The summed E-state index contributed by atoms with van der Waals surface area (Å²) in [5.74, 6) is -0.521. The van der Waals surface area contributed by atoms with Crippen LogP contribution in [0.1, 0.15) is 16.1 Å². The Bertz CT molecular complexity index is 1030. The van der Waals surface area contributed by atoms with Crippen LogP contribution < -0.4 is 10.2 Å². The van der Waals surface area contributed by atoms with Gasteiger partial charge < -0.3 is 10.1 Å². The molecule has 7 nitrogen and oxygen atoms in total. The molecule has 0 radical (unpaired) electrons. The summed E-state index contributed by atoms with van der Waals surface area (Å²) in [5, 5.41) is 7.30. The smallest absolute Gasteiger partial charge is 0.414 e. The van der Waals surface area contributed by atoms with Crippen LogP contribution in [0.5, 0.6) is 0 Å². The SMILES string of the molecule is O=C(NCCc1ccn(-c2ccc(F)cc2)n1)c1cccc(N2CCOC2=O)c1. The van der Waals surface area contributed by atoms with Gasteiger partial charge in [0.1, 0.15) is 12.4 Å². The van der Waals surface area contributed by atoms with E-state index in [1.807, 2.05) is 6.07 Å². The molecule has 148 valence electrons. The van der Waals surface area contributed by atoms with Crippen molar-refractivity contribution in [2.75, 3.05) is 24.6 Å². The predicted molar refractivity (Wildman–Crippen MR) is 105 cm³/mol. The molecule has 0 bridgehead atoms. The zero-order chi connectivity index (χ0) is 20.2. The lowest BCUT2D eigenvalue weighted by molar-refractivity contribution is 0.0954. The minimum Gasteiger partial charge on any atom is -0.447 e. The summed E-state index contributed by atoms with van der Waals surface area (Å²) in [5.41, 5.74) is 2.68. The standard InChI is InChI=1S/C21H19FN4O3/c22-16-4-6-18(7-5-16)26-11-9-17(24-26)8-10-23-20(27)15-2-1-3-19(14-15)25-12-13-29-21(25)28/h1-7,9,11,14H,8,10,12-13H2,(H,23,27). The molecule has 0 aliphatic carbocycles. The van der Waals surface area contributed by atoms with Crippen molar-refractivity contribution >= 4 is 17.7 Å². The summed E-state index contributed by atoms with van der Waals surface area (Å²) < 4.78 is 19.6. The molecule has 29 heavy (non-hydrogen) atoms. The first-order valence-corrected chi connectivity index (χ1v) is 9.23. The summed E-state index contributed by atoms with van der Waals surface area (Å²) in [6.45, 7) is 1.23. The molecule has 1 saturated heterocycles. The number of amides is 2. The van der Waals surface area contributed by atoms with Crippen LogP contribution in [-0.2, 0) is 11.2 Å². The fourth-order valence-corrected chi connectivity index (χ4v) is 3.08. The molecule has 2 amide bonds. The number of carbonyl (C=O) groups excluding carboxylic acids is 2. The molecule has 3 aromatic rings. The van der Waals surface area contributed by atoms with Gasteiger partial charge in [-0.1, -0.05) is 6.07 Å². The second-order valence-corrected chi connectivity index (χ2v) is 6.55.